The monoisotopic (exact) mass is 291 g/mol. The van der Waals surface area contributed by atoms with Crippen LogP contribution < -0.4 is 5.73 Å². The van der Waals surface area contributed by atoms with Crippen LogP contribution in [0.25, 0.3) is 0 Å². The topological polar surface area (TPSA) is 89.5 Å². The standard InChI is InChI=1S/C15H21N3O3/c1-14(13(17(2)3)18(20)21)10-15(14,12(16)19)9-11-7-5-4-6-8-11/h4-8,13H,9-10H2,1-3H3,(H2,16,19). The van der Waals surface area contributed by atoms with Gasteiger partial charge >= 0.3 is 0 Å². The Labute approximate surface area is 124 Å². The van der Waals surface area contributed by atoms with Gasteiger partial charge in [-0.3, -0.25) is 14.9 Å². The van der Waals surface area contributed by atoms with Crippen LogP contribution in [0.4, 0.5) is 0 Å². The Morgan fingerprint density at radius 1 is 1.43 bits per heavy atom. The van der Waals surface area contributed by atoms with Crippen molar-refractivity contribution in [3.63, 3.8) is 0 Å². The second-order valence-electron chi connectivity index (χ2n) is 6.33. The summed E-state index contributed by atoms with van der Waals surface area (Å²) in [5, 5.41) is 11.4. The number of carbonyl (C=O) groups is 1. The summed E-state index contributed by atoms with van der Waals surface area (Å²) >= 11 is 0. The molecule has 6 heteroatoms. The number of primary amides is 1. The van der Waals surface area contributed by atoms with E-state index in [1.54, 1.807) is 25.9 Å². The molecule has 21 heavy (non-hydrogen) atoms. The number of nitro groups is 1. The van der Waals surface area contributed by atoms with Crippen molar-refractivity contribution < 1.29 is 9.72 Å². The first kappa shape index (κ1) is 15.4. The Kier molecular flexibility index (Phi) is 3.76. The fourth-order valence-corrected chi connectivity index (χ4v) is 3.58. The van der Waals surface area contributed by atoms with E-state index in [0.717, 1.165) is 5.56 Å². The smallest absolute Gasteiger partial charge is 0.274 e. The van der Waals surface area contributed by atoms with Crippen molar-refractivity contribution in [3.8, 4) is 0 Å². The fraction of sp³-hybridized carbons (Fsp3) is 0.533. The van der Waals surface area contributed by atoms with E-state index in [1.807, 2.05) is 30.3 Å². The lowest BCUT2D eigenvalue weighted by Crippen LogP contribution is -2.47. The first-order valence-electron chi connectivity index (χ1n) is 6.88. The van der Waals surface area contributed by atoms with Crippen LogP contribution in [0.2, 0.25) is 0 Å². The van der Waals surface area contributed by atoms with Gasteiger partial charge in [0.1, 0.15) is 0 Å². The lowest BCUT2D eigenvalue weighted by atomic mass is 9.85. The van der Waals surface area contributed by atoms with Crippen molar-refractivity contribution in [1.29, 1.82) is 0 Å². The zero-order valence-electron chi connectivity index (χ0n) is 12.6. The minimum absolute atomic E-state index is 0.324. The second kappa shape index (κ2) is 5.11. The zero-order valence-corrected chi connectivity index (χ0v) is 12.6. The predicted molar refractivity (Wildman–Crippen MR) is 79.0 cm³/mol. The maximum Gasteiger partial charge on any atom is 0.274 e. The van der Waals surface area contributed by atoms with Gasteiger partial charge < -0.3 is 5.73 Å². The molecule has 1 aliphatic carbocycles. The lowest BCUT2D eigenvalue weighted by molar-refractivity contribution is -0.562. The normalized spacial score (nSPS) is 29.1. The highest BCUT2D eigenvalue weighted by molar-refractivity contribution is 5.86. The molecule has 2 rings (SSSR count). The Morgan fingerprint density at radius 2 is 2.00 bits per heavy atom. The third kappa shape index (κ3) is 2.40. The fourth-order valence-electron chi connectivity index (χ4n) is 3.58. The molecule has 0 bridgehead atoms. The van der Waals surface area contributed by atoms with Crippen LogP contribution in [0, 0.1) is 20.9 Å². The highest BCUT2D eigenvalue weighted by Gasteiger charge is 2.75. The van der Waals surface area contributed by atoms with Gasteiger partial charge in [0.15, 0.2) is 0 Å². The number of rotatable bonds is 6. The number of amides is 1. The van der Waals surface area contributed by atoms with Crippen molar-refractivity contribution in [2.45, 2.75) is 25.9 Å². The Hall–Kier alpha value is -1.95. The molecular weight excluding hydrogens is 270 g/mol. The molecule has 0 heterocycles. The first-order chi connectivity index (χ1) is 9.74. The average molecular weight is 291 g/mol. The number of hydrogen-bond acceptors (Lipinski definition) is 4. The molecule has 2 N–H and O–H groups in total. The molecule has 0 spiro atoms. The summed E-state index contributed by atoms with van der Waals surface area (Å²) in [4.78, 5) is 24.7. The largest absolute Gasteiger partial charge is 0.369 e. The van der Waals surface area contributed by atoms with Gasteiger partial charge in [0.25, 0.3) is 6.17 Å². The van der Waals surface area contributed by atoms with Crippen molar-refractivity contribution in [2.24, 2.45) is 16.6 Å². The summed E-state index contributed by atoms with van der Waals surface area (Å²) in [7, 11) is 3.32. The minimum atomic E-state index is -0.922. The summed E-state index contributed by atoms with van der Waals surface area (Å²) in [5.74, 6) is -0.456. The van der Waals surface area contributed by atoms with Crippen LogP contribution in [0.15, 0.2) is 30.3 Å². The van der Waals surface area contributed by atoms with E-state index >= 15 is 0 Å². The van der Waals surface area contributed by atoms with Gasteiger partial charge in [-0.1, -0.05) is 37.3 Å². The molecule has 1 aromatic rings. The summed E-state index contributed by atoms with van der Waals surface area (Å²) in [6.45, 7) is 1.79. The van der Waals surface area contributed by atoms with Gasteiger partial charge in [-0.05, 0) is 32.5 Å². The Balaban J connectivity index is 2.35. The zero-order chi connectivity index (χ0) is 15.8. The molecule has 0 saturated heterocycles. The highest BCUT2D eigenvalue weighted by atomic mass is 16.6. The lowest BCUT2D eigenvalue weighted by Gasteiger charge is -2.27. The van der Waals surface area contributed by atoms with E-state index in [4.69, 9.17) is 5.73 Å². The number of carbonyl (C=O) groups excluding carboxylic acids is 1. The van der Waals surface area contributed by atoms with Crippen LogP contribution in [0.5, 0.6) is 0 Å². The molecule has 0 aromatic heterocycles. The van der Waals surface area contributed by atoms with Gasteiger partial charge in [-0.25, -0.2) is 4.90 Å². The Bertz CT molecular complexity index is 561. The van der Waals surface area contributed by atoms with Crippen molar-refractivity contribution in [2.75, 3.05) is 14.1 Å². The van der Waals surface area contributed by atoms with Crippen LogP contribution in [-0.2, 0) is 11.2 Å². The second-order valence-corrected chi connectivity index (χ2v) is 6.33. The number of benzene rings is 1. The third-order valence-corrected chi connectivity index (χ3v) is 4.72. The van der Waals surface area contributed by atoms with Crippen molar-refractivity contribution in [1.82, 2.24) is 4.90 Å². The number of nitrogens with zero attached hydrogens (tertiary/aromatic N) is 2. The summed E-state index contributed by atoms with van der Waals surface area (Å²) < 4.78 is 0. The molecule has 3 atom stereocenters. The van der Waals surface area contributed by atoms with Gasteiger partial charge in [0.05, 0.1) is 10.8 Å². The molecule has 1 fully saturated rings. The van der Waals surface area contributed by atoms with Crippen molar-refractivity contribution >= 4 is 5.91 Å². The Morgan fingerprint density at radius 3 is 2.43 bits per heavy atom. The van der Waals surface area contributed by atoms with E-state index in [9.17, 15) is 14.9 Å². The molecule has 3 unspecified atom stereocenters. The SMILES string of the molecule is CN(C)C([N+](=O)[O-])C1(C)CC1(Cc1ccccc1)C(N)=O. The first-order valence-corrected chi connectivity index (χ1v) is 6.88. The number of nitrogens with two attached hydrogens (primary N) is 1. The maximum atomic E-state index is 12.0. The van der Waals surface area contributed by atoms with Crippen LogP contribution in [0.1, 0.15) is 18.9 Å². The van der Waals surface area contributed by atoms with E-state index < -0.39 is 22.9 Å². The van der Waals surface area contributed by atoms with Crippen LogP contribution >= 0.6 is 0 Å². The molecule has 1 saturated carbocycles. The molecular formula is C15H21N3O3. The van der Waals surface area contributed by atoms with Crippen LogP contribution in [-0.4, -0.2) is 36.0 Å². The van der Waals surface area contributed by atoms with E-state index in [-0.39, 0.29) is 4.92 Å². The summed E-state index contributed by atoms with van der Waals surface area (Å²) in [6.07, 6.45) is -0.0416. The highest BCUT2D eigenvalue weighted by Crippen LogP contribution is 2.67. The maximum absolute atomic E-state index is 12.0. The molecule has 114 valence electrons. The molecule has 1 aliphatic rings. The predicted octanol–water partition coefficient (Wildman–Crippen LogP) is 1.28. The van der Waals surface area contributed by atoms with Gasteiger partial charge in [-0.2, -0.15) is 0 Å². The average Bonchev–Trinajstić information content (AvgIpc) is 2.96. The quantitative estimate of drug-likeness (QED) is 0.485. The van der Waals surface area contributed by atoms with E-state index in [1.165, 1.54) is 0 Å². The van der Waals surface area contributed by atoms with Crippen LogP contribution in [0.3, 0.4) is 0 Å². The van der Waals surface area contributed by atoms with Gasteiger partial charge in [0, 0.05) is 4.92 Å². The summed E-state index contributed by atoms with van der Waals surface area (Å²) in [5.41, 5.74) is 4.99. The molecule has 6 nitrogen and oxygen atoms in total. The van der Waals surface area contributed by atoms with Gasteiger partial charge in [0.2, 0.25) is 5.91 Å². The van der Waals surface area contributed by atoms with Crippen molar-refractivity contribution in [3.05, 3.63) is 46.0 Å². The summed E-state index contributed by atoms with van der Waals surface area (Å²) in [6, 6.07) is 9.51. The van der Waals surface area contributed by atoms with E-state index in [2.05, 4.69) is 0 Å². The molecule has 1 amide bonds. The molecule has 1 aromatic carbocycles. The van der Waals surface area contributed by atoms with E-state index in [0.29, 0.717) is 12.8 Å². The third-order valence-electron chi connectivity index (χ3n) is 4.72. The van der Waals surface area contributed by atoms with Gasteiger partial charge in [-0.15, -0.1) is 0 Å². The number of hydrogen-bond donors (Lipinski definition) is 1. The molecule has 0 radical (unpaired) electrons. The molecule has 0 aliphatic heterocycles. The minimum Gasteiger partial charge on any atom is -0.369 e.